The number of nitrogens with one attached hydrogen (secondary N) is 1. The Morgan fingerprint density at radius 1 is 1.42 bits per heavy atom. The van der Waals surface area contributed by atoms with Gasteiger partial charge < -0.3 is 9.72 Å². The number of esters is 1. The number of H-pyrrole nitrogens is 1. The van der Waals surface area contributed by atoms with Crippen molar-refractivity contribution >= 4 is 39.3 Å². The van der Waals surface area contributed by atoms with Crippen molar-refractivity contribution in [2.24, 2.45) is 5.92 Å². The molecule has 2 heterocycles. The van der Waals surface area contributed by atoms with Crippen molar-refractivity contribution < 1.29 is 9.53 Å². The molecule has 2 atom stereocenters. The van der Waals surface area contributed by atoms with Crippen molar-refractivity contribution in [2.45, 2.75) is 57.7 Å². The number of rotatable bonds is 4. The molecule has 2 aromatic rings. The molecule has 3 rings (SSSR count). The van der Waals surface area contributed by atoms with Gasteiger partial charge in [0.1, 0.15) is 10.9 Å². The molecule has 1 aliphatic rings. The first-order chi connectivity index (χ1) is 11.4. The van der Waals surface area contributed by atoms with Crippen LogP contribution in [0.3, 0.4) is 0 Å². The number of ether oxygens (including phenoxy) is 1. The number of hydrogen-bond donors (Lipinski definition) is 1. The van der Waals surface area contributed by atoms with Gasteiger partial charge in [-0.05, 0) is 44.6 Å². The minimum Gasteiger partial charge on any atom is -0.462 e. The van der Waals surface area contributed by atoms with Gasteiger partial charge >= 0.3 is 5.97 Å². The van der Waals surface area contributed by atoms with E-state index in [1.54, 1.807) is 0 Å². The molecule has 1 aliphatic carbocycles. The van der Waals surface area contributed by atoms with E-state index in [0.29, 0.717) is 16.5 Å². The third-order valence-corrected chi connectivity index (χ3v) is 6.48. The lowest BCUT2D eigenvalue weighted by Gasteiger charge is -2.26. The Balaban J connectivity index is 1.63. The number of thiophene rings is 1. The van der Waals surface area contributed by atoms with Gasteiger partial charge in [0.15, 0.2) is 5.16 Å². The summed E-state index contributed by atoms with van der Waals surface area (Å²) in [6.07, 6.45) is 4.28. The smallest absolute Gasteiger partial charge is 0.316 e. The summed E-state index contributed by atoms with van der Waals surface area (Å²) in [4.78, 5) is 33.3. The lowest BCUT2D eigenvalue weighted by molar-refractivity contribution is -0.147. The molecular formula is C17H22N2O3S2. The minimum absolute atomic E-state index is 0.0407. The van der Waals surface area contributed by atoms with Gasteiger partial charge in [0, 0.05) is 4.88 Å². The maximum atomic E-state index is 12.2. The van der Waals surface area contributed by atoms with Gasteiger partial charge in [-0.15, -0.1) is 11.3 Å². The van der Waals surface area contributed by atoms with Gasteiger partial charge in [-0.1, -0.05) is 25.1 Å². The monoisotopic (exact) mass is 366 g/mol. The molecule has 0 saturated heterocycles. The van der Waals surface area contributed by atoms with E-state index in [4.69, 9.17) is 4.74 Å². The number of carbonyl (C=O) groups is 1. The molecule has 1 saturated carbocycles. The Morgan fingerprint density at radius 2 is 2.21 bits per heavy atom. The summed E-state index contributed by atoms with van der Waals surface area (Å²) in [5.41, 5.74) is 0.838. The largest absolute Gasteiger partial charge is 0.462 e. The first-order valence-electron chi connectivity index (χ1n) is 8.26. The van der Waals surface area contributed by atoms with Crippen LogP contribution < -0.4 is 5.56 Å². The topological polar surface area (TPSA) is 72.0 Å². The van der Waals surface area contributed by atoms with Crippen LogP contribution >= 0.6 is 23.1 Å². The van der Waals surface area contributed by atoms with Crippen molar-refractivity contribution in [1.82, 2.24) is 9.97 Å². The summed E-state index contributed by atoms with van der Waals surface area (Å²) in [6, 6.07) is 0. The second-order valence-electron chi connectivity index (χ2n) is 6.51. The molecule has 0 amide bonds. The van der Waals surface area contributed by atoms with Crippen LogP contribution in [0.15, 0.2) is 9.95 Å². The van der Waals surface area contributed by atoms with E-state index in [1.165, 1.54) is 29.5 Å². The fourth-order valence-electron chi connectivity index (χ4n) is 3.14. The van der Waals surface area contributed by atoms with E-state index in [2.05, 4.69) is 16.9 Å². The highest BCUT2D eigenvalue weighted by Gasteiger charge is 2.22. The Bertz CT molecular complexity index is 812. The number of fused-ring (bicyclic) bond motifs is 1. The van der Waals surface area contributed by atoms with E-state index in [0.717, 1.165) is 34.5 Å². The normalized spacial score (nSPS) is 21.1. The van der Waals surface area contributed by atoms with Crippen LogP contribution in [0.4, 0.5) is 0 Å². The maximum absolute atomic E-state index is 12.2. The molecule has 2 aromatic heterocycles. The molecular weight excluding hydrogens is 344 g/mol. The predicted molar refractivity (Wildman–Crippen MR) is 98.0 cm³/mol. The van der Waals surface area contributed by atoms with Gasteiger partial charge in [0.2, 0.25) is 0 Å². The highest BCUT2D eigenvalue weighted by atomic mass is 32.2. The number of aryl methyl sites for hydroxylation is 2. The van der Waals surface area contributed by atoms with Crippen LogP contribution in [-0.4, -0.2) is 27.8 Å². The van der Waals surface area contributed by atoms with Crippen molar-refractivity contribution in [1.29, 1.82) is 0 Å². The van der Waals surface area contributed by atoms with Gasteiger partial charge in [0.05, 0.1) is 11.1 Å². The lowest BCUT2D eigenvalue weighted by Crippen LogP contribution is -2.25. The third kappa shape index (κ3) is 3.83. The molecule has 0 bridgehead atoms. The molecule has 1 fully saturated rings. The van der Waals surface area contributed by atoms with Gasteiger partial charge in [-0.2, -0.15) is 0 Å². The van der Waals surface area contributed by atoms with Crippen LogP contribution in [0.25, 0.3) is 10.2 Å². The van der Waals surface area contributed by atoms with Crippen molar-refractivity contribution in [3.63, 3.8) is 0 Å². The zero-order valence-electron chi connectivity index (χ0n) is 14.2. The molecule has 7 heteroatoms. The van der Waals surface area contributed by atoms with E-state index in [-0.39, 0.29) is 23.4 Å². The molecule has 1 N–H and O–H groups in total. The van der Waals surface area contributed by atoms with Crippen LogP contribution in [0.2, 0.25) is 0 Å². The van der Waals surface area contributed by atoms with E-state index in [1.807, 2.05) is 13.8 Å². The van der Waals surface area contributed by atoms with Crippen LogP contribution in [0, 0.1) is 19.8 Å². The first-order valence-corrected chi connectivity index (χ1v) is 10.1. The first kappa shape index (κ1) is 17.5. The second-order valence-corrected chi connectivity index (χ2v) is 8.67. The summed E-state index contributed by atoms with van der Waals surface area (Å²) in [5.74, 6) is 0.554. The molecule has 0 aliphatic heterocycles. The standard InChI is InChI=1S/C17H22N2O3S2/c1-9-5-4-6-12(7-9)22-13(20)8-23-17-18-15(21)14-10(2)11(3)24-16(14)19-17/h9,12H,4-8H2,1-3H3,(H,18,19,21)/t9-,12+/m0/s1. The quantitative estimate of drug-likeness (QED) is 0.506. The number of hydrogen-bond acceptors (Lipinski definition) is 6. The minimum atomic E-state index is -0.236. The number of aromatic nitrogens is 2. The van der Waals surface area contributed by atoms with Gasteiger partial charge in [-0.25, -0.2) is 4.98 Å². The summed E-state index contributed by atoms with van der Waals surface area (Å²) in [5, 5.41) is 1.13. The predicted octanol–water partition coefficient (Wildman–Crippen LogP) is 3.82. The van der Waals surface area contributed by atoms with Crippen molar-refractivity contribution in [3.8, 4) is 0 Å². The fraction of sp³-hybridized carbons (Fsp3) is 0.588. The Labute approximate surface area is 149 Å². The van der Waals surface area contributed by atoms with Crippen LogP contribution in [-0.2, 0) is 9.53 Å². The summed E-state index contributed by atoms with van der Waals surface area (Å²) >= 11 is 2.74. The Kier molecular flexibility index (Phi) is 5.30. The molecule has 0 unspecified atom stereocenters. The highest BCUT2D eigenvalue weighted by molar-refractivity contribution is 7.99. The maximum Gasteiger partial charge on any atom is 0.316 e. The van der Waals surface area contributed by atoms with Gasteiger partial charge in [-0.3, -0.25) is 9.59 Å². The van der Waals surface area contributed by atoms with Crippen LogP contribution in [0.1, 0.15) is 43.0 Å². The molecule has 0 radical (unpaired) electrons. The SMILES string of the molecule is Cc1sc2nc(SCC(=O)O[C@@H]3CCC[C@H](C)C3)[nH]c(=O)c2c1C. The molecule has 0 spiro atoms. The number of aromatic amines is 1. The summed E-state index contributed by atoms with van der Waals surface area (Å²) < 4.78 is 5.55. The number of carbonyl (C=O) groups excluding carboxylic acids is 1. The Hall–Kier alpha value is -1.34. The zero-order valence-corrected chi connectivity index (χ0v) is 15.8. The van der Waals surface area contributed by atoms with Crippen molar-refractivity contribution in [3.05, 3.63) is 20.8 Å². The second kappa shape index (κ2) is 7.27. The Morgan fingerprint density at radius 3 is 2.96 bits per heavy atom. The summed E-state index contributed by atoms with van der Waals surface area (Å²) in [6.45, 7) is 6.11. The lowest BCUT2D eigenvalue weighted by atomic mass is 9.89. The van der Waals surface area contributed by atoms with E-state index >= 15 is 0 Å². The van der Waals surface area contributed by atoms with Crippen molar-refractivity contribution in [2.75, 3.05) is 5.75 Å². The van der Waals surface area contributed by atoms with E-state index in [9.17, 15) is 9.59 Å². The highest BCUT2D eigenvalue weighted by Crippen LogP contribution is 2.28. The number of nitrogens with zero attached hydrogens (tertiary/aromatic N) is 1. The van der Waals surface area contributed by atoms with E-state index < -0.39 is 0 Å². The molecule has 24 heavy (non-hydrogen) atoms. The average Bonchev–Trinajstić information content (AvgIpc) is 2.80. The average molecular weight is 367 g/mol. The molecule has 5 nitrogen and oxygen atoms in total. The number of thioether (sulfide) groups is 1. The molecule has 0 aromatic carbocycles. The zero-order chi connectivity index (χ0) is 17.3. The third-order valence-electron chi connectivity index (χ3n) is 4.53. The molecule has 130 valence electrons. The van der Waals surface area contributed by atoms with Gasteiger partial charge in [0.25, 0.3) is 5.56 Å². The summed E-state index contributed by atoms with van der Waals surface area (Å²) in [7, 11) is 0. The van der Waals surface area contributed by atoms with Crippen LogP contribution in [0.5, 0.6) is 0 Å². The fourth-order valence-corrected chi connectivity index (χ4v) is 4.87.